The van der Waals surface area contributed by atoms with E-state index in [0.29, 0.717) is 12.8 Å². The molecule has 1 saturated carbocycles. The van der Waals surface area contributed by atoms with Crippen molar-refractivity contribution < 1.29 is 29.1 Å². The van der Waals surface area contributed by atoms with Crippen molar-refractivity contribution in [1.29, 1.82) is 0 Å². The third kappa shape index (κ3) is 4.16. The van der Waals surface area contributed by atoms with Crippen LogP contribution < -0.4 is 0 Å². The molecule has 0 N–H and O–H groups in total. The van der Waals surface area contributed by atoms with E-state index >= 15 is 0 Å². The van der Waals surface area contributed by atoms with E-state index in [2.05, 4.69) is 9.78 Å². The van der Waals surface area contributed by atoms with E-state index in [1.807, 2.05) is 0 Å². The molecule has 6 nitrogen and oxygen atoms in total. The molecule has 0 aliphatic heterocycles. The summed E-state index contributed by atoms with van der Waals surface area (Å²) in [5.41, 5.74) is 0. The fourth-order valence-corrected chi connectivity index (χ4v) is 1.54. The Hall–Kier alpha value is -1.14. The van der Waals surface area contributed by atoms with E-state index in [1.165, 1.54) is 13.8 Å². The Morgan fingerprint density at radius 1 is 0.875 bits per heavy atom. The van der Waals surface area contributed by atoms with Crippen LogP contribution in [0.15, 0.2) is 0 Å². The molecular weight excluding hydrogens is 216 g/mol. The second-order valence-corrected chi connectivity index (χ2v) is 3.79. The van der Waals surface area contributed by atoms with Gasteiger partial charge in [0.2, 0.25) is 0 Å². The van der Waals surface area contributed by atoms with Crippen molar-refractivity contribution in [1.82, 2.24) is 0 Å². The summed E-state index contributed by atoms with van der Waals surface area (Å²) in [4.78, 5) is 40.1. The summed E-state index contributed by atoms with van der Waals surface area (Å²) in [5.74, 6) is -2.29. The number of carbonyl (C=O) groups is 2. The van der Waals surface area contributed by atoms with Crippen LogP contribution in [0.2, 0.25) is 0 Å². The first-order valence-corrected chi connectivity index (χ1v) is 5.27. The van der Waals surface area contributed by atoms with Gasteiger partial charge in [0.25, 0.3) is 5.79 Å². The molecule has 1 aliphatic carbocycles. The Morgan fingerprint density at radius 3 is 1.69 bits per heavy atom. The molecule has 1 rings (SSSR count). The molecule has 1 aliphatic rings. The monoisotopic (exact) mass is 232 g/mol. The maximum absolute atomic E-state index is 10.7. The molecule has 0 radical (unpaired) electrons. The van der Waals surface area contributed by atoms with Crippen LogP contribution >= 0.6 is 0 Å². The topological polar surface area (TPSA) is 71.1 Å². The fraction of sp³-hybridized carbons (Fsp3) is 0.800. The molecule has 0 aromatic heterocycles. The maximum atomic E-state index is 10.7. The average Bonchev–Trinajstić information content (AvgIpc) is 2.25. The van der Waals surface area contributed by atoms with Gasteiger partial charge in [0.1, 0.15) is 0 Å². The standard InChI is InChI=1S/C10H16O6/c1-8(11)13-15-10(16-14-9(2)12)6-4-3-5-7-10/h3-7H2,1-2H3. The summed E-state index contributed by atoms with van der Waals surface area (Å²) in [6.07, 6.45) is 3.82. The molecule has 1 fully saturated rings. The van der Waals surface area contributed by atoms with E-state index in [4.69, 9.17) is 9.78 Å². The van der Waals surface area contributed by atoms with Gasteiger partial charge in [0.15, 0.2) is 0 Å². The van der Waals surface area contributed by atoms with Crippen LogP contribution in [0.5, 0.6) is 0 Å². The molecule has 0 amide bonds. The summed E-state index contributed by atoms with van der Waals surface area (Å²) in [6.45, 7) is 2.45. The molecule has 16 heavy (non-hydrogen) atoms. The number of hydrogen-bond donors (Lipinski definition) is 0. The summed E-state index contributed by atoms with van der Waals surface area (Å²) in [7, 11) is 0. The van der Waals surface area contributed by atoms with Crippen molar-refractivity contribution in [3.05, 3.63) is 0 Å². The highest BCUT2D eigenvalue weighted by Crippen LogP contribution is 2.33. The minimum absolute atomic E-state index is 0.521. The summed E-state index contributed by atoms with van der Waals surface area (Å²) in [6, 6.07) is 0. The van der Waals surface area contributed by atoms with Gasteiger partial charge in [-0.15, -0.1) is 9.78 Å². The van der Waals surface area contributed by atoms with Crippen LogP contribution in [-0.4, -0.2) is 17.7 Å². The predicted octanol–water partition coefficient (Wildman–Crippen LogP) is 1.64. The van der Waals surface area contributed by atoms with Crippen molar-refractivity contribution >= 4 is 11.9 Å². The number of carbonyl (C=O) groups excluding carboxylic acids is 2. The van der Waals surface area contributed by atoms with Crippen molar-refractivity contribution in [3.8, 4) is 0 Å². The van der Waals surface area contributed by atoms with Crippen molar-refractivity contribution in [2.24, 2.45) is 0 Å². The Labute approximate surface area is 93.7 Å². The van der Waals surface area contributed by atoms with Gasteiger partial charge < -0.3 is 0 Å². The Bertz CT molecular complexity index is 236. The molecule has 0 bridgehead atoms. The van der Waals surface area contributed by atoms with Crippen LogP contribution in [-0.2, 0) is 29.1 Å². The lowest BCUT2D eigenvalue weighted by Crippen LogP contribution is -2.39. The lowest BCUT2D eigenvalue weighted by Gasteiger charge is -2.31. The van der Waals surface area contributed by atoms with E-state index in [9.17, 15) is 9.59 Å². The lowest BCUT2D eigenvalue weighted by molar-refractivity contribution is -0.486. The minimum atomic E-state index is -1.14. The highest BCUT2D eigenvalue weighted by atomic mass is 17.3. The van der Waals surface area contributed by atoms with Gasteiger partial charge in [0.05, 0.1) is 0 Å². The number of rotatable bonds is 4. The first-order valence-electron chi connectivity index (χ1n) is 5.27. The van der Waals surface area contributed by atoms with Crippen LogP contribution in [0, 0.1) is 0 Å². The summed E-state index contributed by atoms with van der Waals surface area (Å²) >= 11 is 0. The third-order valence-corrected chi connectivity index (χ3v) is 2.24. The molecule has 92 valence electrons. The Balaban J connectivity index is 2.52. The molecule has 0 aromatic carbocycles. The van der Waals surface area contributed by atoms with Gasteiger partial charge in [0, 0.05) is 26.7 Å². The normalized spacial score (nSPS) is 18.9. The Kier molecular flexibility index (Phi) is 4.70. The second kappa shape index (κ2) is 5.81. The van der Waals surface area contributed by atoms with E-state index in [0.717, 1.165) is 19.3 Å². The van der Waals surface area contributed by atoms with Crippen LogP contribution in [0.3, 0.4) is 0 Å². The molecule has 0 heterocycles. The van der Waals surface area contributed by atoms with E-state index < -0.39 is 17.7 Å². The molecule has 0 atom stereocenters. The summed E-state index contributed by atoms with van der Waals surface area (Å²) < 4.78 is 0. The maximum Gasteiger partial charge on any atom is 0.339 e. The zero-order valence-electron chi connectivity index (χ0n) is 9.49. The first kappa shape index (κ1) is 12.9. The van der Waals surface area contributed by atoms with Gasteiger partial charge >= 0.3 is 11.9 Å². The van der Waals surface area contributed by atoms with Gasteiger partial charge in [-0.05, 0) is 12.8 Å². The first-order chi connectivity index (χ1) is 7.54. The van der Waals surface area contributed by atoms with Gasteiger partial charge in [-0.1, -0.05) is 6.42 Å². The molecule has 0 spiro atoms. The lowest BCUT2D eigenvalue weighted by atomic mass is 9.94. The van der Waals surface area contributed by atoms with Crippen molar-refractivity contribution in [3.63, 3.8) is 0 Å². The highest BCUT2D eigenvalue weighted by molar-refractivity contribution is 5.65. The van der Waals surface area contributed by atoms with Gasteiger partial charge in [-0.3, -0.25) is 9.78 Å². The van der Waals surface area contributed by atoms with Gasteiger partial charge in [-0.2, -0.15) is 0 Å². The second-order valence-electron chi connectivity index (χ2n) is 3.79. The predicted molar refractivity (Wildman–Crippen MR) is 51.5 cm³/mol. The summed E-state index contributed by atoms with van der Waals surface area (Å²) in [5, 5.41) is 0. The zero-order valence-corrected chi connectivity index (χ0v) is 9.49. The molecular formula is C10H16O6. The van der Waals surface area contributed by atoms with Crippen LogP contribution in [0.4, 0.5) is 0 Å². The quantitative estimate of drug-likeness (QED) is 0.417. The highest BCUT2D eigenvalue weighted by Gasteiger charge is 2.39. The van der Waals surface area contributed by atoms with Gasteiger partial charge in [-0.25, -0.2) is 9.59 Å². The largest absolute Gasteiger partial charge is 0.339 e. The molecule has 0 aromatic rings. The van der Waals surface area contributed by atoms with Crippen molar-refractivity contribution in [2.75, 3.05) is 0 Å². The van der Waals surface area contributed by atoms with Crippen molar-refractivity contribution in [2.45, 2.75) is 51.7 Å². The van der Waals surface area contributed by atoms with E-state index in [-0.39, 0.29) is 0 Å². The SMILES string of the molecule is CC(=O)OOC1(OOC(C)=O)CCCCC1. The smallest absolute Gasteiger partial charge is 0.296 e. The van der Waals surface area contributed by atoms with E-state index in [1.54, 1.807) is 0 Å². The van der Waals surface area contributed by atoms with Crippen LogP contribution in [0.25, 0.3) is 0 Å². The molecule has 0 saturated heterocycles. The number of hydrogen-bond acceptors (Lipinski definition) is 6. The molecule has 0 unspecified atom stereocenters. The molecule has 6 heteroatoms. The fourth-order valence-electron chi connectivity index (χ4n) is 1.54. The minimum Gasteiger partial charge on any atom is -0.296 e. The zero-order chi connectivity index (χ0) is 12.0. The Morgan fingerprint density at radius 2 is 1.31 bits per heavy atom. The average molecular weight is 232 g/mol. The third-order valence-electron chi connectivity index (χ3n) is 2.24. The van der Waals surface area contributed by atoms with Crippen LogP contribution in [0.1, 0.15) is 46.0 Å².